The van der Waals surface area contributed by atoms with Crippen molar-refractivity contribution in [3.63, 3.8) is 0 Å². The van der Waals surface area contributed by atoms with Crippen molar-refractivity contribution in [2.75, 3.05) is 0 Å². The molecule has 1 aromatic carbocycles. The molecule has 0 bridgehead atoms. The van der Waals surface area contributed by atoms with E-state index in [1.54, 1.807) is 6.07 Å². The highest BCUT2D eigenvalue weighted by molar-refractivity contribution is 5.66. The van der Waals surface area contributed by atoms with Gasteiger partial charge in [-0.1, -0.05) is 23.8 Å². The number of aliphatic carboxylic acids is 1. The summed E-state index contributed by atoms with van der Waals surface area (Å²) >= 11 is 0. The number of nitrogens with zero attached hydrogens (tertiary/aromatic N) is 2. The first kappa shape index (κ1) is 12.0. The zero-order chi connectivity index (χ0) is 13.1. The van der Waals surface area contributed by atoms with Crippen LogP contribution < -0.4 is 5.56 Å². The number of carbonyl (C=O) groups is 1. The van der Waals surface area contributed by atoms with Crippen molar-refractivity contribution in [2.24, 2.45) is 0 Å². The SMILES string of the molecule is Cc1cccc(-c2ccc(=O)n(CC(=O)O)n2)c1. The Balaban J connectivity index is 2.47. The van der Waals surface area contributed by atoms with Gasteiger partial charge in [0.15, 0.2) is 0 Å². The molecule has 0 aliphatic rings. The van der Waals surface area contributed by atoms with E-state index in [1.807, 2.05) is 31.2 Å². The summed E-state index contributed by atoms with van der Waals surface area (Å²) in [6.45, 7) is 1.52. The van der Waals surface area contributed by atoms with Gasteiger partial charge < -0.3 is 5.11 Å². The van der Waals surface area contributed by atoms with E-state index < -0.39 is 18.1 Å². The maximum atomic E-state index is 11.4. The molecule has 5 nitrogen and oxygen atoms in total. The van der Waals surface area contributed by atoms with Crippen molar-refractivity contribution in [2.45, 2.75) is 13.5 Å². The Hall–Kier alpha value is -2.43. The second-order valence-corrected chi connectivity index (χ2v) is 3.98. The van der Waals surface area contributed by atoms with E-state index in [1.165, 1.54) is 6.07 Å². The molecule has 0 radical (unpaired) electrons. The Morgan fingerprint density at radius 2 is 2.11 bits per heavy atom. The minimum Gasteiger partial charge on any atom is -0.480 e. The average Bonchev–Trinajstić information content (AvgIpc) is 2.31. The molecule has 1 N–H and O–H groups in total. The molecular weight excluding hydrogens is 232 g/mol. The van der Waals surface area contributed by atoms with Crippen LogP contribution in [0.15, 0.2) is 41.2 Å². The van der Waals surface area contributed by atoms with E-state index in [9.17, 15) is 9.59 Å². The van der Waals surface area contributed by atoms with E-state index in [-0.39, 0.29) is 0 Å². The van der Waals surface area contributed by atoms with Gasteiger partial charge in [-0.25, -0.2) is 4.68 Å². The largest absolute Gasteiger partial charge is 0.480 e. The standard InChI is InChI=1S/C13H12N2O3/c1-9-3-2-4-10(7-9)11-5-6-12(16)15(14-11)8-13(17)18/h2-7H,8H2,1H3,(H,17,18). The van der Waals surface area contributed by atoms with Gasteiger partial charge >= 0.3 is 5.97 Å². The number of aryl methyl sites for hydroxylation is 1. The highest BCUT2D eigenvalue weighted by Crippen LogP contribution is 2.16. The van der Waals surface area contributed by atoms with Crippen LogP contribution in [0, 0.1) is 6.92 Å². The summed E-state index contributed by atoms with van der Waals surface area (Å²) in [5.41, 5.74) is 2.09. The summed E-state index contributed by atoms with van der Waals surface area (Å²) in [7, 11) is 0. The number of hydrogen-bond acceptors (Lipinski definition) is 3. The number of aromatic nitrogens is 2. The lowest BCUT2D eigenvalue weighted by Gasteiger charge is -2.05. The molecule has 1 aromatic heterocycles. The van der Waals surface area contributed by atoms with Gasteiger partial charge in [-0.15, -0.1) is 0 Å². The summed E-state index contributed by atoms with van der Waals surface area (Å²) in [5.74, 6) is -1.09. The molecule has 2 aromatic rings. The van der Waals surface area contributed by atoms with Crippen LogP contribution in [0.25, 0.3) is 11.3 Å². The summed E-state index contributed by atoms with van der Waals surface area (Å²) in [4.78, 5) is 22.1. The lowest BCUT2D eigenvalue weighted by molar-refractivity contribution is -0.138. The fraction of sp³-hybridized carbons (Fsp3) is 0.154. The third-order valence-corrected chi connectivity index (χ3v) is 2.47. The minimum atomic E-state index is -1.09. The molecule has 18 heavy (non-hydrogen) atoms. The van der Waals surface area contributed by atoms with Gasteiger partial charge in [0.05, 0.1) is 5.69 Å². The molecule has 0 aliphatic carbocycles. The maximum Gasteiger partial charge on any atom is 0.325 e. The van der Waals surface area contributed by atoms with Gasteiger partial charge in [-0.05, 0) is 19.1 Å². The fourth-order valence-corrected chi connectivity index (χ4v) is 1.65. The normalized spacial score (nSPS) is 10.3. The Bertz CT molecular complexity index is 647. The monoisotopic (exact) mass is 244 g/mol. The van der Waals surface area contributed by atoms with Crippen molar-refractivity contribution < 1.29 is 9.90 Å². The van der Waals surface area contributed by atoms with Gasteiger partial charge in [-0.3, -0.25) is 9.59 Å². The third kappa shape index (κ3) is 2.63. The van der Waals surface area contributed by atoms with Crippen LogP contribution in [0.1, 0.15) is 5.56 Å². The van der Waals surface area contributed by atoms with Crippen molar-refractivity contribution in [3.8, 4) is 11.3 Å². The van der Waals surface area contributed by atoms with E-state index in [0.29, 0.717) is 5.69 Å². The Labute approximate surface area is 103 Å². The first-order chi connectivity index (χ1) is 8.56. The molecule has 2 rings (SSSR count). The van der Waals surface area contributed by atoms with E-state index >= 15 is 0 Å². The number of benzene rings is 1. The molecular formula is C13H12N2O3. The molecule has 0 atom stereocenters. The third-order valence-electron chi connectivity index (χ3n) is 2.47. The highest BCUT2D eigenvalue weighted by Gasteiger charge is 2.06. The lowest BCUT2D eigenvalue weighted by Crippen LogP contribution is -2.26. The molecule has 92 valence electrons. The van der Waals surface area contributed by atoms with Crippen molar-refractivity contribution in [1.29, 1.82) is 0 Å². The number of hydrogen-bond donors (Lipinski definition) is 1. The highest BCUT2D eigenvalue weighted by atomic mass is 16.4. The molecule has 0 spiro atoms. The topological polar surface area (TPSA) is 72.2 Å². The first-order valence-corrected chi connectivity index (χ1v) is 5.43. The second-order valence-electron chi connectivity index (χ2n) is 3.98. The Morgan fingerprint density at radius 1 is 1.33 bits per heavy atom. The summed E-state index contributed by atoms with van der Waals surface area (Å²) in [5, 5.41) is 12.7. The number of rotatable bonds is 3. The molecule has 0 fully saturated rings. The van der Waals surface area contributed by atoms with Crippen LogP contribution in [0.3, 0.4) is 0 Å². The van der Waals surface area contributed by atoms with Crippen LogP contribution in [0.2, 0.25) is 0 Å². The predicted molar refractivity (Wildman–Crippen MR) is 66.3 cm³/mol. The molecule has 0 aliphatic heterocycles. The van der Waals surface area contributed by atoms with Gasteiger partial charge in [-0.2, -0.15) is 5.10 Å². The zero-order valence-electron chi connectivity index (χ0n) is 9.83. The smallest absolute Gasteiger partial charge is 0.325 e. The number of carboxylic acids is 1. The molecule has 0 saturated heterocycles. The zero-order valence-corrected chi connectivity index (χ0v) is 9.83. The van der Waals surface area contributed by atoms with Crippen molar-refractivity contribution >= 4 is 5.97 Å². The second kappa shape index (κ2) is 4.83. The molecule has 0 saturated carbocycles. The predicted octanol–water partition coefficient (Wildman–Crippen LogP) is 1.30. The van der Waals surface area contributed by atoms with E-state index in [0.717, 1.165) is 15.8 Å². The van der Waals surface area contributed by atoms with Crippen LogP contribution in [0.5, 0.6) is 0 Å². The maximum absolute atomic E-state index is 11.4. The van der Waals surface area contributed by atoms with Crippen molar-refractivity contribution in [3.05, 3.63) is 52.3 Å². The van der Waals surface area contributed by atoms with Crippen molar-refractivity contribution in [1.82, 2.24) is 9.78 Å². The van der Waals surface area contributed by atoms with Gasteiger partial charge in [0.1, 0.15) is 6.54 Å². The van der Waals surface area contributed by atoms with Crippen LogP contribution in [-0.2, 0) is 11.3 Å². The van der Waals surface area contributed by atoms with Crippen LogP contribution in [-0.4, -0.2) is 20.9 Å². The van der Waals surface area contributed by atoms with E-state index in [4.69, 9.17) is 5.11 Å². The Morgan fingerprint density at radius 3 is 2.78 bits per heavy atom. The van der Waals surface area contributed by atoms with Gasteiger partial charge in [0, 0.05) is 11.6 Å². The summed E-state index contributed by atoms with van der Waals surface area (Å²) in [6, 6.07) is 10.6. The van der Waals surface area contributed by atoms with Crippen LogP contribution in [0.4, 0.5) is 0 Å². The number of carboxylic acid groups (broad SMARTS) is 1. The van der Waals surface area contributed by atoms with Gasteiger partial charge in [0.2, 0.25) is 0 Å². The molecule has 5 heteroatoms. The molecule has 0 unspecified atom stereocenters. The average molecular weight is 244 g/mol. The Kier molecular flexibility index (Phi) is 3.23. The quantitative estimate of drug-likeness (QED) is 0.883. The first-order valence-electron chi connectivity index (χ1n) is 5.43. The molecule has 0 amide bonds. The summed E-state index contributed by atoms with van der Waals surface area (Å²) < 4.78 is 0.944. The summed E-state index contributed by atoms with van der Waals surface area (Å²) in [6.07, 6.45) is 0. The fourth-order valence-electron chi connectivity index (χ4n) is 1.65. The van der Waals surface area contributed by atoms with Gasteiger partial charge in [0.25, 0.3) is 5.56 Å². The lowest BCUT2D eigenvalue weighted by atomic mass is 10.1. The van der Waals surface area contributed by atoms with Crippen LogP contribution >= 0.6 is 0 Å². The van der Waals surface area contributed by atoms with E-state index in [2.05, 4.69) is 5.10 Å². The molecule has 1 heterocycles. The minimum absolute atomic E-state index is 0.422.